The summed E-state index contributed by atoms with van der Waals surface area (Å²) >= 11 is 11.8. The third-order valence-corrected chi connectivity index (χ3v) is 0.947. The number of hydrogen-bond donors (Lipinski definition) is 0. The van der Waals surface area contributed by atoms with Crippen molar-refractivity contribution in [2.75, 3.05) is 0 Å². The molecule has 0 spiro atoms. The number of hydrogen-bond acceptors (Lipinski definition) is 0. The Morgan fingerprint density at radius 3 is 2.36 bits per heavy atom. The molecule has 0 aromatic heterocycles. The molecule has 0 saturated heterocycles. The normalized spacial score (nSPS) is 7.64. The van der Waals surface area contributed by atoms with Gasteiger partial charge in [-0.05, 0) is 18.2 Å². The highest BCUT2D eigenvalue weighted by Crippen LogP contribution is 2.07. The summed E-state index contributed by atoms with van der Waals surface area (Å²) in [4.78, 5) is 0. The molecular weight excluding hydrogens is 311 g/mol. The van der Waals surface area contributed by atoms with Gasteiger partial charge in [-0.3, -0.25) is 25.8 Å². The van der Waals surface area contributed by atoms with Crippen LogP contribution in [0.3, 0.4) is 0 Å². The van der Waals surface area contributed by atoms with Crippen LogP contribution in [0.2, 0.25) is 5.02 Å². The molecule has 0 aliphatic carbocycles. The molecule has 1 aromatic rings. The second-order valence-corrected chi connectivity index (χ2v) is 9.94. The smallest absolute Gasteiger partial charge is 0.280 e. The lowest BCUT2D eigenvalue weighted by molar-refractivity contribution is 0.628. The van der Waals surface area contributed by atoms with E-state index in [9.17, 15) is 4.39 Å². The lowest BCUT2D eigenvalue weighted by Crippen LogP contribution is -1.68. The molecule has 1 radical (unpaired) electrons. The summed E-state index contributed by atoms with van der Waals surface area (Å²) < 4.78 is 12.1. The fraction of sp³-hybridized carbons (Fsp3) is 0. The maximum atomic E-state index is 12.1. The van der Waals surface area contributed by atoms with E-state index >= 15 is 0 Å². The SMILES string of the molecule is Fc1cc[c]c(Cl)c1.[Br][Mg][Br]. The van der Waals surface area contributed by atoms with Gasteiger partial charge in [0.2, 0.25) is 0 Å². The van der Waals surface area contributed by atoms with Gasteiger partial charge >= 0.3 is 16.0 Å². The van der Waals surface area contributed by atoms with Crippen LogP contribution in [0.1, 0.15) is 0 Å². The van der Waals surface area contributed by atoms with E-state index in [0.717, 1.165) is 0 Å². The second kappa shape index (κ2) is 7.80. The highest BCUT2D eigenvalue weighted by molar-refractivity contribution is 9.47. The van der Waals surface area contributed by atoms with Gasteiger partial charge < -0.3 is 0 Å². The molecule has 0 heterocycles. The minimum atomic E-state index is -0.325. The fourth-order valence-electron chi connectivity index (χ4n) is 0.412. The first-order valence-electron chi connectivity index (χ1n) is 2.65. The molecule has 0 aliphatic rings. The van der Waals surface area contributed by atoms with Crippen LogP contribution in [0, 0.1) is 11.9 Å². The van der Waals surface area contributed by atoms with Crippen molar-refractivity contribution in [3.8, 4) is 0 Å². The van der Waals surface area contributed by atoms with Crippen LogP contribution >= 0.6 is 37.4 Å². The van der Waals surface area contributed by atoms with E-state index in [1.54, 1.807) is 0 Å². The van der Waals surface area contributed by atoms with Gasteiger partial charge in [-0.2, -0.15) is 0 Å². The predicted molar refractivity (Wildman–Crippen MR) is 53.9 cm³/mol. The van der Waals surface area contributed by atoms with Crippen molar-refractivity contribution in [2.24, 2.45) is 0 Å². The molecule has 0 atom stereocenters. The van der Waals surface area contributed by atoms with Crippen LogP contribution in [0.5, 0.6) is 0 Å². The summed E-state index contributed by atoms with van der Waals surface area (Å²) in [6.45, 7) is 0. The number of halogens is 4. The molecule has 11 heavy (non-hydrogen) atoms. The molecule has 0 unspecified atom stereocenters. The van der Waals surface area contributed by atoms with Crippen molar-refractivity contribution < 1.29 is 4.39 Å². The lowest BCUT2D eigenvalue weighted by atomic mass is 10.4. The van der Waals surface area contributed by atoms with Gasteiger partial charge in [-0.1, -0.05) is 11.6 Å². The summed E-state index contributed by atoms with van der Waals surface area (Å²) in [5, 5.41) is 0.310. The molecular formula is C6H3Br2ClFMg. The van der Waals surface area contributed by atoms with Crippen LogP contribution in [0.4, 0.5) is 4.39 Å². The first-order chi connectivity index (χ1) is 5.20. The minimum Gasteiger partial charge on any atom is -0.280 e. The Bertz CT molecular complexity index is 192. The molecule has 0 N–H and O–H groups in total. The maximum absolute atomic E-state index is 12.1. The molecule has 0 amide bonds. The van der Waals surface area contributed by atoms with Crippen LogP contribution in [0.15, 0.2) is 18.2 Å². The van der Waals surface area contributed by atoms with Crippen LogP contribution < -0.4 is 0 Å². The van der Waals surface area contributed by atoms with Crippen molar-refractivity contribution in [3.05, 3.63) is 35.1 Å². The van der Waals surface area contributed by atoms with E-state index in [0.29, 0.717) is 5.02 Å². The van der Waals surface area contributed by atoms with Gasteiger partial charge in [0.05, 0.1) is 5.02 Å². The molecule has 0 nitrogen and oxygen atoms in total. The molecule has 0 saturated carbocycles. The van der Waals surface area contributed by atoms with Gasteiger partial charge in [0, 0.05) is 6.07 Å². The van der Waals surface area contributed by atoms with Crippen LogP contribution in [-0.2, 0) is 0 Å². The zero-order chi connectivity index (χ0) is 8.69. The zero-order valence-corrected chi connectivity index (χ0v) is 10.8. The summed E-state index contributed by atoms with van der Waals surface area (Å²) in [7, 11) is 0. The summed E-state index contributed by atoms with van der Waals surface area (Å²) in [5.41, 5.74) is 0. The van der Waals surface area contributed by atoms with Gasteiger partial charge in [-0.15, -0.1) is 0 Å². The third kappa shape index (κ3) is 7.52. The Hall–Kier alpha value is 1.17. The molecule has 1 rings (SSSR count). The van der Waals surface area contributed by atoms with Gasteiger partial charge in [0.15, 0.2) is 0 Å². The Balaban J connectivity index is 0.000000292. The Labute approximate surface area is 92.0 Å². The standard InChI is InChI=1S/C6H3ClF.2BrH.Mg/c7-5-2-1-3-6(8)4-5;;;/h1,3-4H;2*1H;/q;;;+2/p-2. The minimum absolute atomic E-state index is 0.0417. The highest BCUT2D eigenvalue weighted by atomic mass is 79.9. The molecule has 0 bridgehead atoms. The number of benzene rings is 1. The van der Waals surface area contributed by atoms with E-state index in [1.807, 2.05) is 0 Å². The Kier molecular flexibility index (Phi) is 8.62. The molecule has 0 fully saturated rings. The Morgan fingerprint density at radius 1 is 1.55 bits per heavy atom. The topological polar surface area (TPSA) is 0 Å². The third-order valence-electron chi connectivity index (χ3n) is 0.728. The lowest BCUT2D eigenvalue weighted by Gasteiger charge is -1.84. The van der Waals surface area contributed by atoms with Gasteiger partial charge in [0.1, 0.15) is 5.82 Å². The van der Waals surface area contributed by atoms with E-state index in [1.165, 1.54) is 18.2 Å². The fourth-order valence-corrected chi connectivity index (χ4v) is 0.579. The molecule has 5 heteroatoms. The first kappa shape index (κ1) is 12.2. The maximum Gasteiger partial charge on any atom is 0.560 e. The summed E-state index contributed by atoms with van der Waals surface area (Å²) in [5.74, 6) is -0.325. The zero-order valence-electron chi connectivity index (χ0n) is 5.45. The van der Waals surface area contributed by atoms with Crippen molar-refractivity contribution in [1.29, 1.82) is 0 Å². The van der Waals surface area contributed by atoms with Crippen LogP contribution in [-0.4, -0.2) is 16.0 Å². The van der Waals surface area contributed by atoms with Crippen molar-refractivity contribution in [1.82, 2.24) is 0 Å². The van der Waals surface area contributed by atoms with Crippen LogP contribution in [0.25, 0.3) is 0 Å². The van der Waals surface area contributed by atoms with E-state index in [2.05, 4.69) is 31.8 Å². The van der Waals surface area contributed by atoms with E-state index < -0.39 is 0 Å². The molecule has 1 aromatic carbocycles. The monoisotopic (exact) mass is 311 g/mol. The van der Waals surface area contributed by atoms with Crippen molar-refractivity contribution >= 4 is 53.4 Å². The Morgan fingerprint density at radius 2 is 2.09 bits per heavy atom. The average Bonchev–Trinajstić information content (AvgIpc) is 1.88. The van der Waals surface area contributed by atoms with E-state index in [-0.39, 0.29) is 21.8 Å². The predicted octanol–water partition coefficient (Wildman–Crippen LogP) is 3.59. The number of rotatable bonds is 0. The molecule has 57 valence electrons. The highest BCUT2D eigenvalue weighted by Gasteiger charge is 1.87. The second-order valence-electron chi connectivity index (χ2n) is 1.46. The molecule has 0 aliphatic heterocycles. The average molecular weight is 314 g/mol. The van der Waals surface area contributed by atoms with Crippen molar-refractivity contribution in [3.63, 3.8) is 0 Å². The van der Waals surface area contributed by atoms with Crippen molar-refractivity contribution in [2.45, 2.75) is 0 Å². The summed E-state index contributed by atoms with van der Waals surface area (Å²) in [6.07, 6.45) is 0. The van der Waals surface area contributed by atoms with Gasteiger partial charge in [0.25, 0.3) is 0 Å². The van der Waals surface area contributed by atoms with E-state index in [4.69, 9.17) is 11.6 Å². The van der Waals surface area contributed by atoms with Gasteiger partial charge in [-0.25, -0.2) is 4.39 Å². The first-order valence-corrected chi connectivity index (χ1v) is 10.8. The largest absolute Gasteiger partial charge is 0.560 e. The summed E-state index contributed by atoms with van der Waals surface area (Å²) in [6, 6.07) is 6.55. The quantitative estimate of drug-likeness (QED) is 0.642.